The SMILES string of the molecule is c1ccc(-c2ccc3cc(N(c4cccc(-c5cc6ccccc6c6ccccc56)c4)c4ccccc4-c4ccc5ccccc5c4)ccc3c2)cc1. The maximum absolute atomic E-state index is 2.43. The van der Waals surface area contributed by atoms with E-state index >= 15 is 0 Å². The van der Waals surface area contributed by atoms with Gasteiger partial charge in [-0.25, -0.2) is 0 Å². The number of hydrogen-bond donors (Lipinski definition) is 0. The average molecular weight is 674 g/mol. The van der Waals surface area contributed by atoms with Crippen LogP contribution in [0.1, 0.15) is 0 Å². The largest absolute Gasteiger partial charge is 0.310 e. The molecule has 0 aliphatic carbocycles. The van der Waals surface area contributed by atoms with Crippen LogP contribution >= 0.6 is 0 Å². The fourth-order valence-corrected chi connectivity index (χ4v) is 7.98. The van der Waals surface area contributed by atoms with Crippen molar-refractivity contribution in [3.8, 4) is 33.4 Å². The van der Waals surface area contributed by atoms with Gasteiger partial charge in [0.25, 0.3) is 0 Å². The number of para-hydroxylation sites is 1. The van der Waals surface area contributed by atoms with Crippen LogP contribution in [0.15, 0.2) is 212 Å². The fourth-order valence-electron chi connectivity index (χ4n) is 7.98. The van der Waals surface area contributed by atoms with Gasteiger partial charge in [0.2, 0.25) is 0 Å². The van der Waals surface area contributed by atoms with E-state index in [2.05, 4.69) is 217 Å². The molecule has 248 valence electrons. The number of rotatable bonds is 6. The first kappa shape index (κ1) is 30.8. The van der Waals surface area contributed by atoms with Crippen LogP contribution in [0, 0.1) is 0 Å². The van der Waals surface area contributed by atoms with E-state index < -0.39 is 0 Å². The lowest BCUT2D eigenvalue weighted by molar-refractivity contribution is 1.29. The second-order valence-electron chi connectivity index (χ2n) is 13.8. The summed E-state index contributed by atoms with van der Waals surface area (Å²) in [6.45, 7) is 0. The van der Waals surface area contributed by atoms with Crippen molar-refractivity contribution in [1.82, 2.24) is 0 Å². The molecule has 53 heavy (non-hydrogen) atoms. The minimum Gasteiger partial charge on any atom is -0.310 e. The normalized spacial score (nSPS) is 11.4. The van der Waals surface area contributed by atoms with E-state index in [1.807, 2.05) is 0 Å². The number of hydrogen-bond acceptors (Lipinski definition) is 1. The van der Waals surface area contributed by atoms with Crippen molar-refractivity contribution in [2.75, 3.05) is 4.90 Å². The first-order valence-corrected chi connectivity index (χ1v) is 18.3. The zero-order valence-electron chi connectivity index (χ0n) is 29.2. The number of nitrogens with zero attached hydrogens (tertiary/aromatic N) is 1. The third-order valence-electron chi connectivity index (χ3n) is 10.6. The molecule has 0 bridgehead atoms. The maximum atomic E-state index is 2.43. The molecule has 0 unspecified atom stereocenters. The topological polar surface area (TPSA) is 3.24 Å². The first-order valence-electron chi connectivity index (χ1n) is 18.3. The summed E-state index contributed by atoms with van der Waals surface area (Å²) in [5, 5.41) is 9.94. The Balaban J connectivity index is 1.17. The van der Waals surface area contributed by atoms with Gasteiger partial charge in [-0.15, -0.1) is 0 Å². The molecule has 0 aliphatic heterocycles. The lowest BCUT2D eigenvalue weighted by atomic mass is 9.93. The summed E-state index contributed by atoms with van der Waals surface area (Å²) in [5.74, 6) is 0. The third-order valence-corrected chi connectivity index (χ3v) is 10.6. The van der Waals surface area contributed by atoms with Gasteiger partial charge in [-0.1, -0.05) is 164 Å². The molecule has 0 saturated heterocycles. The van der Waals surface area contributed by atoms with E-state index in [0.29, 0.717) is 0 Å². The first-order chi connectivity index (χ1) is 26.3. The highest BCUT2D eigenvalue weighted by Gasteiger charge is 2.19. The Hall–Kier alpha value is -6.96. The summed E-state index contributed by atoms with van der Waals surface area (Å²) >= 11 is 0. The molecule has 0 N–H and O–H groups in total. The molecule has 0 atom stereocenters. The quantitative estimate of drug-likeness (QED) is 0.159. The van der Waals surface area contributed by atoms with E-state index in [1.54, 1.807) is 0 Å². The van der Waals surface area contributed by atoms with Crippen molar-refractivity contribution in [3.05, 3.63) is 212 Å². The summed E-state index contributed by atoms with van der Waals surface area (Å²) in [6, 6.07) is 77.4. The van der Waals surface area contributed by atoms with E-state index in [1.165, 1.54) is 76.5 Å². The Kier molecular flexibility index (Phi) is 7.55. The Labute approximate surface area is 309 Å². The molecule has 0 aliphatic rings. The van der Waals surface area contributed by atoms with Gasteiger partial charge in [-0.2, -0.15) is 0 Å². The summed E-state index contributed by atoms with van der Waals surface area (Å²) in [7, 11) is 0. The molecule has 10 aromatic rings. The Bertz CT molecular complexity index is 2960. The maximum Gasteiger partial charge on any atom is 0.0540 e. The van der Waals surface area contributed by atoms with Crippen molar-refractivity contribution in [2.24, 2.45) is 0 Å². The molecule has 0 radical (unpaired) electrons. The Morgan fingerprint density at radius 3 is 1.70 bits per heavy atom. The van der Waals surface area contributed by atoms with Crippen LogP contribution in [0.25, 0.3) is 76.5 Å². The minimum absolute atomic E-state index is 1.10. The predicted octanol–water partition coefficient (Wildman–Crippen LogP) is 14.8. The van der Waals surface area contributed by atoms with Gasteiger partial charge in [-0.3, -0.25) is 0 Å². The summed E-state index contributed by atoms with van der Waals surface area (Å²) in [4.78, 5) is 2.43. The van der Waals surface area contributed by atoms with Crippen LogP contribution in [0.5, 0.6) is 0 Å². The Morgan fingerprint density at radius 2 is 0.811 bits per heavy atom. The van der Waals surface area contributed by atoms with E-state index in [-0.39, 0.29) is 0 Å². The molecule has 10 aromatic carbocycles. The van der Waals surface area contributed by atoms with Crippen molar-refractivity contribution >= 4 is 60.2 Å². The number of anilines is 3. The van der Waals surface area contributed by atoms with E-state index in [4.69, 9.17) is 0 Å². The molecule has 0 spiro atoms. The highest BCUT2D eigenvalue weighted by molar-refractivity contribution is 6.14. The van der Waals surface area contributed by atoms with Gasteiger partial charge in [0.15, 0.2) is 0 Å². The molecule has 1 nitrogen and oxygen atoms in total. The second kappa shape index (κ2) is 13.0. The standard InChI is InChI=1S/C52H35N/c1-2-13-36(14-3-1)39-26-27-41-33-46(30-29-40(41)31-39)53(52-24-11-10-21-48(52)44-28-25-37-15-4-5-16-38(37)32-44)45-19-12-18-42(34-45)51-35-43-17-6-7-20-47(43)49-22-8-9-23-50(49)51/h1-35H. The lowest BCUT2D eigenvalue weighted by Gasteiger charge is -2.29. The molecule has 0 aromatic heterocycles. The predicted molar refractivity (Wildman–Crippen MR) is 227 cm³/mol. The van der Waals surface area contributed by atoms with Crippen LogP contribution < -0.4 is 4.90 Å². The fraction of sp³-hybridized carbons (Fsp3) is 0. The summed E-state index contributed by atoms with van der Waals surface area (Å²) in [5.41, 5.74) is 10.6. The molecule has 0 fully saturated rings. The smallest absolute Gasteiger partial charge is 0.0540 e. The molecular formula is C52H35N. The van der Waals surface area contributed by atoms with E-state index in [0.717, 1.165) is 17.1 Å². The van der Waals surface area contributed by atoms with Crippen LogP contribution in [0.4, 0.5) is 17.1 Å². The van der Waals surface area contributed by atoms with Gasteiger partial charge in [-0.05, 0) is 119 Å². The molecule has 0 heterocycles. The van der Waals surface area contributed by atoms with Gasteiger partial charge in [0.05, 0.1) is 5.69 Å². The van der Waals surface area contributed by atoms with Crippen LogP contribution in [-0.2, 0) is 0 Å². The van der Waals surface area contributed by atoms with Gasteiger partial charge >= 0.3 is 0 Å². The third kappa shape index (κ3) is 5.60. The Morgan fingerprint density at radius 1 is 0.245 bits per heavy atom. The lowest BCUT2D eigenvalue weighted by Crippen LogP contribution is -2.11. The zero-order valence-corrected chi connectivity index (χ0v) is 29.2. The minimum atomic E-state index is 1.10. The zero-order chi connectivity index (χ0) is 35.1. The highest BCUT2D eigenvalue weighted by atomic mass is 15.1. The monoisotopic (exact) mass is 673 g/mol. The summed E-state index contributed by atoms with van der Waals surface area (Å²) < 4.78 is 0. The van der Waals surface area contributed by atoms with Crippen LogP contribution in [0.3, 0.4) is 0 Å². The van der Waals surface area contributed by atoms with Crippen molar-refractivity contribution in [2.45, 2.75) is 0 Å². The molecule has 0 amide bonds. The highest BCUT2D eigenvalue weighted by Crippen LogP contribution is 2.44. The van der Waals surface area contributed by atoms with Crippen molar-refractivity contribution in [1.29, 1.82) is 0 Å². The second-order valence-corrected chi connectivity index (χ2v) is 13.8. The van der Waals surface area contributed by atoms with Crippen molar-refractivity contribution in [3.63, 3.8) is 0 Å². The van der Waals surface area contributed by atoms with Gasteiger partial charge in [0.1, 0.15) is 0 Å². The molecular weight excluding hydrogens is 639 g/mol. The van der Waals surface area contributed by atoms with Gasteiger partial charge < -0.3 is 4.90 Å². The number of fused-ring (bicyclic) bond motifs is 5. The molecule has 1 heteroatoms. The van der Waals surface area contributed by atoms with Crippen LogP contribution in [0.2, 0.25) is 0 Å². The van der Waals surface area contributed by atoms with Crippen molar-refractivity contribution < 1.29 is 0 Å². The summed E-state index contributed by atoms with van der Waals surface area (Å²) in [6.07, 6.45) is 0. The molecule has 10 rings (SSSR count). The van der Waals surface area contributed by atoms with E-state index in [9.17, 15) is 0 Å². The number of benzene rings is 10. The average Bonchev–Trinajstić information content (AvgIpc) is 3.24. The van der Waals surface area contributed by atoms with Gasteiger partial charge in [0, 0.05) is 16.9 Å². The molecule has 0 saturated carbocycles. The van der Waals surface area contributed by atoms with Crippen LogP contribution in [-0.4, -0.2) is 0 Å².